The molecule has 0 spiro atoms. The molecule has 0 amide bonds. The lowest BCUT2D eigenvalue weighted by Gasteiger charge is -2.27. The second-order valence-electron chi connectivity index (χ2n) is 5.22. The molecule has 1 rings (SSSR count). The van der Waals surface area contributed by atoms with Gasteiger partial charge in [0.05, 0.1) is 12.5 Å². The highest BCUT2D eigenvalue weighted by Crippen LogP contribution is 2.32. The molecule has 3 heteroatoms. The van der Waals surface area contributed by atoms with E-state index < -0.39 is 5.41 Å². The molecule has 0 N–H and O–H groups in total. The highest BCUT2D eigenvalue weighted by Gasteiger charge is 2.35. The standard InChI is InChI=1S/C17H23IO2/c1-4-5-6-7-8-12-17(2,16(19)20-3)14-10-9-11-15(18)13-14/h4,9-11,13H,1,5-8,12H2,2-3H3. The van der Waals surface area contributed by atoms with Crippen molar-refractivity contribution in [3.8, 4) is 0 Å². The second-order valence-corrected chi connectivity index (χ2v) is 6.47. The molecule has 0 radical (unpaired) electrons. The van der Waals surface area contributed by atoms with Gasteiger partial charge in [-0.15, -0.1) is 6.58 Å². The Hall–Kier alpha value is -0.840. The summed E-state index contributed by atoms with van der Waals surface area (Å²) >= 11 is 2.27. The van der Waals surface area contributed by atoms with Gasteiger partial charge in [-0.3, -0.25) is 4.79 Å². The molecule has 110 valence electrons. The molecule has 0 fully saturated rings. The first kappa shape index (κ1) is 17.2. The maximum atomic E-state index is 12.2. The largest absolute Gasteiger partial charge is 0.468 e. The first-order valence-corrected chi connectivity index (χ1v) is 8.08. The van der Waals surface area contributed by atoms with Gasteiger partial charge in [0.2, 0.25) is 0 Å². The van der Waals surface area contributed by atoms with Crippen molar-refractivity contribution in [2.75, 3.05) is 7.11 Å². The number of unbranched alkanes of at least 4 members (excludes halogenated alkanes) is 3. The van der Waals surface area contributed by atoms with Crippen molar-refractivity contribution in [3.63, 3.8) is 0 Å². The Morgan fingerprint density at radius 3 is 2.75 bits per heavy atom. The summed E-state index contributed by atoms with van der Waals surface area (Å²) in [6.45, 7) is 5.71. The maximum Gasteiger partial charge on any atom is 0.315 e. The first-order valence-electron chi connectivity index (χ1n) is 7.00. The number of carbonyl (C=O) groups excluding carboxylic acids is 1. The molecule has 1 unspecified atom stereocenters. The van der Waals surface area contributed by atoms with E-state index >= 15 is 0 Å². The van der Waals surface area contributed by atoms with Gasteiger partial charge in [0, 0.05) is 3.57 Å². The van der Waals surface area contributed by atoms with Crippen LogP contribution in [0.25, 0.3) is 0 Å². The van der Waals surface area contributed by atoms with Crippen LogP contribution in [-0.4, -0.2) is 13.1 Å². The summed E-state index contributed by atoms with van der Waals surface area (Å²) in [6, 6.07) is 8.12. The van der Waals surface area contributed by atoms with Gasteiger partial charge in [-0.1, -0.05) is 31.1 Å². The summed E-state index contributed by atoms with van der Waals surface area (Å²) in [4.78, 5) is 12.2. The zero-order chi connectivity index (χ0) is 15.0. The molecular weight excluding hydrogens is 363 g/mol. The van der Waals surface area contributed by atoms with Crippen molar-refractivity contribution >= 4 is 28.6 Å². The van der Waals surface area contributed by atoms with E-state index in [9.17, 15) is 4.79 Å². The smallest absolute Gasteiger partial charge is 0.315 e. The average molecular weight is 386 g/mol. The summed E-state index contributed by atoms with van der Waals surface area (Å²) in [6.07, 6.45) is 7.06. The topological polar surface area (TPSA) is 26.3 Å². The predicted octanol–water partition coefficient (Wildman–Crippen LogP) is 4.86. The molecule has 1 aromatic rings. The van der Waals surface area contributed by atoms with Crippen LogP contribution in [0.5, 0.6) is 0 Å². The normalized spacial score (nSPS) is 13.6. The molecule has 1 aromatic carbocycles. The van der Waals surface area contributed by atoms with Crippen molar-refractivity contribution in [1.29, 1.82) is 0 Å². The Kier molecular flexibility index (Phi) is 7.27. The van der Waals surface area contributed by atoms with Gasteiger partial charge >= 0.3 is 5.97 Å². The minimum atomic E-state index is -0.551. The fourth-order valence-corrected chi connectivity index (χ4v) is 2.91. The van der Waals surface area contributed by atoms with Crippen LogP contribution < -0.4 is 0 Å². The lowest BCUT2D eigenvalue weighted by molar-refractivity contribution is -0.147. The lowest BCUT2D eigenvalue weighted by atomic mass is 9.78. The van der Waals surface area contributed by atoms with E-state index in [0.29, 0.717) is 0 Å². The second kappa shape index (κ2) is 8.45. The molecular formula is C17H23IO2. The van der Waals surface area contributed by atoms with Gasteiger partial charge in [-0.25, -0.2) is 0 Å². The molecule has 0 aliphatic rings. The van der Waals surface area contributed by atoms with Crippen molar-refractivity contribution in [2.24, 2.45) is 0 Å². The molecule has 0 aromatic heterocycles. The summed E-state index contributed by atoms with van der Waals surface area (Å²) in [5.74, 6) is -0.150. The third-order valence-electron chi connectivity index (χ3n) is 3.68. The summed E-state index contributed by atoms with van der Waals surface area (Å²) in [5, 5.41) is 0. The van der Waals surface area contributed by atoms with Crippen molar-refractivity contribution in [2.45, 2.75) is 44.4 Å². The van der Waals surface area contributed by atoms with E-state index in [1.807, 2.05) is 31.2 Å². The highest BCUT2D eigenvalue weighted by molar-refractivity contribution is 14.1. The number of carbonyl (C=O) groups is 1. The van der Waals surface area contributed by atoms with E-state index in [0.717, 1.165) is 41.2 Å². The highest BCUT2D eigenvalue weighted by atomic mass is 127. The Morgan fingerprint density at radius 1 is 1.40 bits per heavy atom. The number of allylic oxidation sites excluding steroid dienone is 1. The SMILES string of the molecule is C=CCCCCCC(C)(C(=O)OC)c1cccc(I)c1. The van der Waals surface area contributed by atoms with E-state index in [1.54, 1.807) is 0 Å². The van der Waals surface area contributed by atoms with E-state index in [1.165, 1.54) is 7.11 Å². The molecule has 0 aliphatic carbocycles. The van der Waals surface area contributed by atoms with Crippen LogP contribution in [0.1, 0.15) is 44.6 Å². The summed E-state index contributed by atoms with van der Waals surface area (Å²) in [7, 11) is 1.46. The number of benzene rings is 1. The number of hydrogen-bond acceptors (Lipinski definition) is 2. The lowest BCUT2D eigenvalue weighted by Crippen LogP contribution is -2.33. The number of ether oxygens (including phenoxy) is 1. The first-order chi connectivity index (χ1) is 9.54. The molecule has 0 bridgehead atoms. The number of hydrogen-bond donors (Lipinski definition) is 0. The van der Waals surface area contributed by atoms with E-state index in [4.69, 9.17) is 4.74 Å². The zero-order valence-corrected chi connectivity index (χ0v) is 14.5. The van der Waals surface area contributed by atoms with E-state index in [-0.39, 0.29) is 5.97 Å². The molecule has 1 atom stereocenters. The van der Waals surface area contributed by atoms with Gasteiger partial charge in [0.25, 0.3) is 0 Å². The average Bonchev–Trinajstić information content (AvgIpc) is 2.46. The van der Waals surface area contributed by atoms with Crippen LogP contribution in [0.15, 0.2) is 36.9 Å². The molecule has 0 aliphatic heterocycles. The molecule has 2 nitrogen and oxygen atoms in total. The fourth-order valence-electron chi connectivity index (χ4n) is 2.37. The third-order valence-corrected chi connectivity index (χ3v) is 4.35. The van der Waals surface area contributed by atoms with Crippen molar-refractivity contribution in [3.05, 3.63) is 46.1 Å². The Labute approximate surface area is 135 Å². The van der Waals surface area contributed by atoms with Crippen LogP contribution in [0.4, 0.5) is 0 Å². The minimum Gasteiger partial charge on any atom is -0.468 e. The zero-order valence-electron chi connectivity index (χ0n) is 12.3. The maximum absolute atomic E-state index is 12.2. The van der Waals surface area contributed by atoms with Crippen molar-refractivity contribution in [1.82, 2.24) is 0 Å². The Bertz CT molecular complexity index is 456. The molecule has 20 heavy (non-hydrogen) atoms. The van der Waals surface area contributed by atoms with Crippen molar-refractivity contribution < 1.29 is 9.53 Å². The minimum absolute atomic E-state index is 0.150. The summed E-state index contributed by atoms with van der Waals surface area (Å²) < 4.78 is 6.17. The van der Waals surface area contributed by atoms with E-state index in [2.05, 4.69) is 35.2 Å². The monoisotopic (exact) mass is 386 g/mol. The van der Waals surface area contributed by atoms with Gasteiger partial charge in [0.1, 0.15) is 0 Å². The van der Waals surface area contributed by atoms with Gasteiger partial charge < -0.3 is 4.74 Å². The molecule has 0 saturated carbocycles. The van der Waals surface area contributed by atoms with Gasteiger partial charge in [-0.05, 0) is 66.5 Å². The Balaban J connectivity index is 2.81. The number of halogens is 1. The van der Waals surface area contributed by atoms with Gasteiger partial charge in [0.15, 0.2) is 0 Å². The quantitative estimate of drug-likeness (QED) is 0.276. The van der Waals surface area contributed by atoms with Gasteiger partial charge in [-0.2, -0.15) is 0 Å². The summed E-state index contributed by atoms with van der Waals surface area (Å²) in [5.41, 5.74) is 0.490. The fraction of sp³-hybridized carbons (Fsp3) is 0.471. The third kappa shape index (κ3) is 4.62. The van der Waals surface area contributed by atoms with Crippen LogP contribution in [0.3, 0.4) is 0 Å². The Morgan fingerprint density at radius 2 is 2.15 bits per heavy atom. The number of rotatable bonds is 8. The molecule has 0 saturated heterocycles. The van der Waals surface area contributed by atoms with Crippen LogP contribution >= 0.6 is 22.6 Å². The van der Waals surface area contributed by atoms with Crippen LogP contribution in [-0.2, 0) is 14.9 Å². The predicted molar refractivity (Wildman–Crippen MR) is 91.8 cm³/mol. The van der Waals surface area contributed by atoms with Crippen LogP contribution in [0.2, 0.25) is 0 Å². The molecule has 0 heterocycles. The number of esters is 1. The van der Waals surface area contributed by atoms with Crippen LogP contribution in [0, 0.1) is 3.57 Å². The number of methoxy groups -OCH3 is 1.